The number of allylic oxidation sites excluding steroid dienone is 4. The summed E-state index contributed by atoms with van der Waals surface area (Å²) in [7, 11) is 3.69. The van der Waals surface area contributed by atoms with Crippen molar-refractivity contribution in [2.24, 2.45) is 5.73 Å². The molecule has 3 unspecified atom stereocenters. The van der Waals surface area contributed by atoms with Gasteiger partial charge in [-0.1, -0.05) is 282 Å². The van der Waals surface area contributed by atoms with Crippen molar-refractivity contribution in [2.75, 3.05) is 24.7 Å². The van der Waals surface area contributed by atoms with Crippen LogP contribution in [-0.2, 0) is 17.3 Å². The highest BCUT2D eigenvalue weighted by Crippen LogP contribution is 2.62. The Labute approximate surface area is 544 Å². The highest BCUT2D eigenvalue weighted by Gasteiger charge is 2.45. The van der Waals surface area contributed by atoms with Crippen LogP contribution in [0.1, 0.15) is 141 Å². The first-order valence-corrected chi connectivity index (χ1v) is 32.9. The molecule has 3 nitrogen and oxygen atoms in total. The molecule has 0 aromatic heterocycles. The van der Waals surface area contributed by atoms with E-state index < -0.39 is 0 Å². The molecule has 4 aliphatic rings. The fourth-order valence-corrected chi connectivity index (χ4v) is 13.7. The summed E-state index contributed by atoms with van der Waals surface area (Å²) < 4.78 is 0. The third kappa shape index (κ3) is 13.9. The second-order valence-corrected chi connectivity index (χ2v) is 25.8. The largest absolute Gasteiger partial charge is 0.398 e. The summed E-state index contributed by atoms with van der Waals surface area (Å²) in [4.78, 5) is 2.35. The number of rotatable bonds is 7. The summed E-state index contributed by atoms with van der Waals surface area (Å²) in [6.45, 7) is 21.9. The number of nitrogens with two attached hydrogens (primary N) is 2. The molecule has 11 aromatic rings. The minimum atomic E-state index is -0.279. The molecule has 15 rings (SSSR count). The Morgan fingerprint density at radius 1 is 0.495 bits per heavy atom. The molecule has 11 aromatic carbocycles. The van der Waals surface area contributed by atoms with Crippen LogP contribution in [0.4, 0.5) is 11.4 Å². The average molecular weight is 1190 g/mol. The minimum absolute atomic E-state index is 0.279. The molecule has 460 valence electrons. The van der Waals surface area contributed by atoms with Crippen LogP contribution in [0, 0.1) is 20.8 Å². The summed E-state index contributed by atoms with van der Waals surface area (Å²) in [6.07, 6.45) is 9.02. The Kier molecular flexibility index (Phi) is 20.4. The molecule has 0 bridgehead atoms. The summed E-state index contributed by atoms with van der Waals surface area (Å²) in [5.41, 5.74) is 42.2. The number of nitrogens with zero attached hydrogens (tertiary/aromatic N) is 1. The van der Waals surface area contributed by atoms with Gasteiger partial charge in [0.1, 0.15) is 0 Å². The first kappa shape index (κ1) is 64.7. The molecule has 3 heteroatoms. The topological polar surface area (TPSA) is 55.3 Å². The highest BCUT2D eigenvalue weighted by atomic mass is 15.1. The Bertz CT molecular complexity index is 4300. The molecule has 0 amide bonds. The van der Waals surface area contributed by atoms with Gasteiger partial charge in [-0.3, -0.25) is 0 Å². The van der Waals surface area contributed by atoms with Crippen LogP contribution in [0.3, 0.4) is 0 Å². The molecule has 0 heterocycles. The van der Waals surface area contributed by atoms with Gasteiger partial charge in [0, 0.05) is 34.9 Å². The van der Waals surface area contributed by atoms with Gasteiger partial charge in [0.2, 0.25) is 0 Å². The van der Waals surface area contributed by atoms with Crippen LogP contribution in [0.25, 0.3) is 55.3 Å². The third-order valence-corrected chi connectivity index (χ3v) is 19.0. The zero-order chi connectivity index (χ0) is 64.4. The molecule has 4 aliphatic carbocycles. The first-order valence-electron chi connectivity index (χ1n) is 32.9. The van der Waals surface area contributed by atoms with E-state index in [1.165, 1.54) is 130 Å². The van der Waals surface area contributed by atoms with E-state index in [-0.39, 0.29) is 10.8 Å². The Morgan fingerprint density at radius 2 is 1.07 bits per heavy atom. The van der Waals surface area contributed by atoms with Crippen molar-refractivity contribution in [1.82, 2.24) is 0 Å². The number of hydrogen-bond donors (Lipinski definition) is 2. The maximum absolute atomic E-state index is 6.63. The smallest absolute Gasteiger partial charge is 0.0437 e. The zero-order valence-corrected chi connectivity index (χ0v) is 55.9. The van der Waals surface area contributed by atoms with E-state index in [9.17, 15) is 0 Å². The van der Waals surface area contributed by atoms with Gasteiger partial charge in [0.25, 0.3) is 0 Å². The number of fused-ring (bicyclic) bond motifs is 11. The van der Waals surface area contributed by atoms with E-state index in [2.05, 4.69) is 322 Å². The van der Waals surface area contributed by atoms with Crippen LogP contribution in [0.5, 0.6) is 0 Å². The molecule has 3 atom stereocenters. The average Bonchev–Trinajstić information content (AvgIpc) is 1.56. The standard InChI is InChI=1S/C32H30N2.C30H26.C12H10.C11H16.C2H6.CH5N/c1-21-13-15-23(16-14-21)34(3)24-17-18-27-28(19-24)32(2,22-9-5-4-6-10-22)29-20-30(33)25-11-7-8-12-26(25)31(27)29;1-19-8-3-4-10-23(19)24-13-7-9-22(20(24)2)16-21-14-15-27-28(17-21)25-11-5-6-12-26(25)29-18-30(27)29;1-3-7-11(8-4-1)12-9-5-2-6-10-12;1-9-5-7-10(8-6-9)11(2,3)4;2*1-2/h4-13,15,17-20H,14,16,33H2,1-3H3;3-15,17,29-30H,16,18H2,1-2H3;1-10H;5-8H,1-4H3;1-2H3;2H2,1H3. The second-order valence-electron chi connectivity index (χ2n) is 25.8. The number of aryl methyl sites for hydroxylation is 2. The first-order chi connectivity index (χ1) is 44.1. The molecular formula is C88H93N3. The van der Waals surface area contributed by atoms with Crippen LogP contribution in [-0.4, -0.2) is 14.1 Å². The lowest BCUT2D eigenvalue weighted by atomic mass is 9.74. The van der Waals surface area contributed by atoms with Gasteiger partial charge < -0.3 is 16.4 Å². The molecule has 1 saturated carbocycles. The van der Waals surface area contributed by atoms with Gasteiger partial charge in [-0.15, -0.1) is 0 Å². The summed E-state index contributed by atoms with van der Waals surface area (Å²) in [5, 5.41) is 2.36. The van der Waals surface area contributed by atoms with Gasteiger partial charge in [-0.25, -0.2) is 0 Å². The van der Waals surface area contributed by atoms with E-state index in [0.717, 1.165) is 42.2 Å². The number of nitrogen functional groups attached to an aromatic ring is 1. The maximum Gasteiger partial charge on any atom is 0.0437 e. The summed E-state index contributed by atoms with van der Waals surface area (Å²) in [5.74, 6) is 1.50. The van der Waals surface area contributed by atoms with Crippen molar-refractivity contribution in [3.63, 3.8) is 0 Å². The quantitative estimate of drug-likeness (QED) is 0.156. The lowest BCUT2D eigenvalue weighted by molar-refractivity contribution is 0.590. The summed E-state index contributed by atoms with van der Waals surface area (Å²) >= 11 is 0. The van der Waals surface area contributed by atoms with E-state index in [1.807, 2.05) is 26.0 Å². The van der Waals surface area contributed by atoms with Crippen LogP contribution in [0.15, 0.2) is 272 Å². The fraction of sp³-hybridized carbons (Fsp3) is 0.227. The second kappa shape index (κ2) is 28.7. The molecule has 0 saturated heterocycles. The van der Waals surface area contributed by atoms with Crippen molar-refractivity contribution in [2.45, 2.75) is 118 Å². The third-order valence-electron chi connectivity index (χ3n) is 19.0. The van der Waals surface area contributed by atoms with E-state index in [4.69, 9.17) is 5.73 Å². The van der Waals surface area contributed by atoms with Crippen molar-refractivity contribution < 1.29 is 0 Å². The normalized spacial score (nSPS) is 15.9. The van der Waals surface area contributed by atoms with Crippen LogP contribution >= 0.6 is 0 Å². The molecule has 4 N–H and O–H groups in total. The predicted molar refractivity (Wildman–Crippen MR) is 395 cm³/mol. The van der Waals surface area contributed by atoms with Crippen molar-refractivity contribution in [3.8, 4) is 44.5 Å². The van der Waals surface area contributed by atoms with Gasteiger partial charge in [0.15, 0.2) is 0 Å². The minimum Gasteiger partial charge on any atom is -0.398 e. The number of hydrogen-bond acceptors (Lipinski definition) is 3. The van der Waals surface area contributed by atoms with Crippen LogP contribution < -0.4 is 16.4 Å². The van der Waals surface area contributed by atoms with Gasteiger partial charge in [0.05, 0.1) is 0 Å². The van der Waals surface area contributed by atoms with Crippen LogP contribution in [0.2, 0.25) is 0 Å². The lowest BCUT2D eigenvalue weighted by Gasteiger charge is -2.30. The number of anilines is 2. The Hall–Kier alpha value is -9.28. The summed E-state index contributed by atoms with van der Waals surface area (Å²) in [6, 6.07) is 89.9. The van der Waals surface area contributed by atoms with E-state index >= 15 is 0 Å². The molecule has 0 radical (unpaired) electrons. The van der Waals surface area contributed by atoms with Crippen molar-refractivity contribution >= 4 is 22.1 Å². The van der Waals surface area contributed by atoms with E-state index in [1.54, 1.807) is 11.1 Å². The molecule has 0 spiro atoms. The maximum atomic E-state index is 6.63. The molecule has 91 heavy (non-hydrogen) atoms. The van der Waals surface area contributed by atoms with Gasteiger partial charge in [-0.05, 0) is 214 Å². The Balaban J connectivity index is 0.000000144. The van der Waals surface area contributed by atoms with Crippen molar-refractivity contribution in [3.05, 3.63) is 333 Å². The monoisotopic (exact) mass is 1190 g/mol. The van der Waals surface area contributed by atoms with E-state index in [0.29, 0.717) is 0 Å². The number of benzene rings is 11. The predicted octanol–water partition coefficient (Wildman–Crippen LogP) is 22.9. The molecule has 1 fully saturated rings. The molecular weight excluding hydrogens is 1100 g/mol. The van der Waals surface area contributed by atoms with Crippen molar-refractivity contribution in [1.29, 1.82) is 0 Å². The zero-order valence-electron chi connectivity index (χ0n) is 55.9. The fourth-order valence-electron chi connectivity index (χ4n) is 13.7. The highest BCUT2D eigenvalue weighted by molar-refractivity contribution is 6.08. The van der Waals surface area contributed by atoms with Gasteiger partial charge in [-0.2, -0.15) is 0 Å². The Morgan fingerprint density at radius 3 is 1.69 bits per heavy atom. The molecule has 0 aliphatic heterocycles. The lowest BCUT2D eigenvalue weighted by Crippen LogP contribution is -2.23. The van der Waals surface area contributed by atoms with Gasteiger partial charge >= 0.3 is 0 Å². The SMILES string of the molecule is CC.CC1=CC=C(N(C)c2ccc3c(c2)C(C)(c2ccccc2)c2cc(N)c4ccccc4c2-3)CC1.CN.Cc1ccc(C(C)(C)C)cc1.Cc1ccccc1-c1cccc(Cc2ccc3c(c2)-c2ccccc2C2CC32)c1C.c1ccc(-c2ccccc2)cc1.